The summed E-state index contributed by atoms with van der Waals surface area (Å²) < 4.78 is 99.6. The van der Waals surface area contributed by atoms with E-state index >= 15 is 0 Å². The molecule has 0 aliphatic rings. The summed E-state index contributed by atoms with van der Waals surface area (Å²) in [5.41, 5.74) is 1.35. The van der Waals surface area contributed by atoms with Crippen molar-refractivity contribution < 1.29 is 35.1 Å². The van der Waals surface area contributed by atoms with Crippen molar-refractivity contribution in [3.05, 3.63) is 34.9 Å². The van der Waals surface area contributed by atoms with Crippen molar-refractivity contribution in [1.29, 1.82) is 0 Å². The Morgan fingerprint density at radius 1 is 0.950 bits per heavy atom. The summed E-state index contributed by atoms with van der Waals surface area (Å²) in [5.74, 6) is 0. The van der Waals surface area contributed by atoms with Gasteiger partial charge in [0.2, 0.25) is 6.43 Å². The number of hydrogen-bond donors (Lipinski definition) is 1. The molecule has 1 atom stereocenters. The third-order valence-corrected chi connectivity index (χ3v) is 2.52. The van der Waals surface area contributed by atoms with Crippen molar-refractivity contribution in [2.24, 2.45) is 5.73 Å². The number of benzene rings is 1. The number of alkyl halides is 8. The molecule has 0 aromatic heterocycles. The van der Waals surface area contributed by atoms with E-state index in [1.54, 1.807) is 0 Å². The van der Waals surface area contributed by atoms with E-state index in [1.807, 2.05) is 0 Å². The smallest absolute Gasteiger partial charge is 0.324 e. The standard InChI is InChI=1S/C11H9F8N/c12-9(13)4-8(20)6-3-5(10(14,15)16)1-2-7(6)11(17,18)19/h1-3,8-9H,4,20H2/t8-/m1/s1. The number of nitrogens with two attached hydrogens (primary N) is 1. The van der Waals surface area contributed by atoms with Crippen LogP contribution >= 0.6 is 0 Å². The van der Waals surface area contributed by atoms with E-state index in [9.17, 15) is 35.1 Å². The lowest BCUT2D eigenvalue weighted by Crippen LogP contribution is -2.21. The molecule has 0 unspecified atom stereocenters. The highest BCUT2D eigenvalue weighted by molar-refractivity contribution is 5.37. The zero-order valence-electron chi connectivity index (χ0n) is 9.69. The molecule has 0 bridgehead atoms. The fourth-order valence-corrected chi connectivity index (χ4v) is 1.62. The fraction of sp³-hybridized carbons (Fsp3) is 0.455. The summed E-state index contributed by atoms with van der Waals surface area (Å²) in [6.07, 6.45) is -14.0. The Morgan fingerprint density at radius 3 is 1.90 bits per heavy atom. The van der Waals surface area contributed by atoms with Gasteiger partial charge in [-0.15, -0.1) is 0 Å². The van der Waals surface area contributed by atoms with E-state index in [-0.39, 0.29) is 18.2 Å². The Labute approximate surface area is 108 Å². The van der Waals surface area contributed by atoms with Crippen molar-refractivity contribution in [2.75, 3.05) is 0 Å². The molecule has 114 valence electrons. The minimum Gasteiger partial charge on any atom is -0.324 e. The molecule has 0 heterocycles. The van der Waals surface area contributed by atoms with Crippen LogP contribution in [0.4, 0.5) is 35.1 Å². The van der Waals surface area contributed by atoms with Crippen LogP contribution in [0.5, 0.6) is 0 Å². The van der Waals surface area contributed by atoms with E-state index in [0.29, 0.717) is 0 Å². The summed E-state index contributed by atoms with van der Waals surface area (Å²) in [6.45, 7) is 0. The van der Waals surface area contributed by atoms with Crippen LogP contribution < -0.4 is 5.73 Å². The zero-order chi connectivity index (χ0) is 15.7. The van der Waals surface area contributed by atoms with Crippen molar-refractivity contribution in [1.82, 2.24) is 0 Å². The Kier molecular flexibility index (Phi) is 4.62. The lowest BCUT2D eigenvalue weighted by atomic mass is 9.95. The maximum atomic E-state index is 12.7. The summed E-state index contributed by atoms with van der Waals surface area (Å²) in [6, 6.07) is -1.24. The predicted octanol–water partition coefficient (Wildman–Crippen LogP) is 4.38. The van der Waals surface area contributed by atoms with Crippen LogP contribution in [-0.4, -0.2) is 6.43 Å². The molecule has 1 rings (SSSR count). The molecule has 9 heteroatoms. The van der Waals surface area contributed by atoms with Gasteiger partial charge in [-0.25, -0.2) is 8.78 Å². The zero-order valence-corrected chi connectivity index (χ0v) is 9.69. The molecule has 20 heavy (non-hydrogen) atoms. The highest BCUT2D eigenvalue weighted by Gasteiger charge is 2.38. The average molecular weight is 307 g/mol. The topological polar surface area (TPSA) is 26.0 Å². The molecule has 0 amide bonds. The summed E-state index contributed by atoms with van der Waals surface area (Å²) in [7, 11) is 0. The summed E-state index contributed by atoms with van der Waals surface area (Å²) in [4.78, 5) is 0. The van der Waals surface area contributed by atoms with Crippen molar-refractivity contribution in [3.8, 4) is 0 Å². The van der Waals surface area contributed by atoms with Crippen LogP contribution in [-0.2, 0) is 12.4 Å². The number of rotatable bonds is 3. The molecule has 1 aromatic rings. The maximum Gasteiger partial charge on any atom is 0.416 e. The molecular weight excluding hydrogens is 298 g/mol. The van der Waals surface area contributed by atoms with Crippen molar-refractivity contribution in [2.45, 2.75) is 31.2 Å². The molecule has 1 aromatic carbocycles. The molecule has 0 spiro atoms. The van der Waals surface area contributed by atoms with E-state index < -0.39 is 47.9 Å². The molecular formula is C11H9F8N. The SMILES string of the molecule is N[C@H](CC(F)F)c1cc(C(F)(F)F)ccc1C(F)(F)F. The Hall–Kier alpha value is -1.38. The van der Waals surface area contributed by atoms with Gasteiger partial charge < -0.3 is 5.73 Å². The minimum atomic E-state index is -4.97. The third kappa shape index (κ3) is 4.06. The normalized spacial score (nSPS) is 14.7. The first-order valence-corrected chi connectivity index (χ1v) is 5.25. The largest absolute Gasteiger partial charge is 0.416 e. The lowest BCUT2D eigenvalue weighted by Gasteiger charge is -2.20. The second-order valence-corrected chi connectivity index (χ2v) is 4.03. The monoisotopic (exact) mass is 307 g/mol. The van der Waals surface area contributed by atoms with Gasteiger partial charge in [-0.05, 0) is 23.8 Å². The predicted molar refractivity (Wildman–Crippen MR) is 54.0 cm³/mol. The number of hydrogen-bond acceptors (Lipinski definition) is 1. The molecule has 0 aliphatic heterocycles. The van der Waals surface area contributed by atoms with Gasteiger partial charge in [0, 0.05) is 12.5 Å². The second-order valence-electron chi connectivity index (χ2n) is 4.03. The average Bonchev–Trinajstić information content (AvgIpc) is 2.24. The van der Waals surface area contributed by atoms with Gasteiger partial charge >= 0.3 is 12.4 Å². The highest BCUT2D eigenvalue weighted by Crippen LogP contribution is 2.39. The van der Waals surface area contributed by atoms with Gasteiger partial charge in [-0.3, -0.25) is 0 Å². The molecule has 0 aliphatic carbocycles. The Morgan fingerprint density at radius 2 is 1.50 bits per heavy atom. The van der Waals surface area contributed by atoms with E-state index in [4.69, 9.17) is 5.73 Å². The quantitative estimate of drug-likeness (QED) is 0.824. The lowest BCUT2D eigenvalue weighted by molar-refractivity contribution is -0.142. The minimum absolute atomic E-state index is 0.163. The molecule has 2 N–H and O–H groups in total. The Balaban J connectivity index is 3.34. The third-order valence-electron chi connectivity index (χ3n) is 2.52. The first-order chi connectivity index (χ1) is 8.93. The molecule has 0 fully saturated rings. The molecule has 0 saturated heterocycles. The van der Waals surface area contributed by atoms with Crippen LogP contribution in [0.25, 0.3) is 0 Å². The molecule has 1 nitrogen and oxygen atoms in total. The maximum absolute atomic E-state index is 12.7. The molecule has 0 saturated carbocycles. The van der Waals surface area contributed by atoms with Gasteiger partial charge in [0.1, 0.15) is 0 Å². The van der Waals surface area contributed by atoms with Crippen LogP contribution in [0.15, 0.2) is 18.2 Å². The van der Waals surface area contributed by atoms with Crippen LogP contribution in [0, 0.1) is 0 Å². The second kappa shape index (κ2) is 5.55. The number of halogens is 8. The van der Waals surface area contributed by atoms with Gasteiger partial charge in [0.15, 0.2) is 0 Å². The highest BCUT2D eigenvalue weighted by atomic mass is 19.4. The van der Waals surface area contributed by atoms with E-state index in [2.05, 4.69) is 0 Å². The summed E-state index contributed by atoms with van der Waals surface area (Å²) in [5, 5.41) is 0. The first kappa shape index (κ1) is 16.7. The van der Waals surface area contributed by atoms with Gasteiger partial charge in [-0.2, -0.15) is 26.3 Å². The van der Waals surface area contributed by atoms with Crippen LogP contribution in [0.1, 0.15) is 29.2 Å². The first-order valence-electron chi connectivity index (χ1n) is 5.25. The van der Waals surface area contributed by atoms with Gasteiger partial charge in [-0.1, -0.05) is 0 Å². The van der Waals surface area contributed by atoms with Crippen LogP contribution in [0.2, 0.25) is 0 Å². The van der Waals surface area contributed by atoms with Crippen molar-refractivity contribution >= 4 is 0 Å². The van der Waals surface area contributed by atoms with Gasteiger partial charge in [0.25, 0.3) is 0 Å². The van der Waals surface area contributed by atoms with Crippen molar-refractivity contribution in [3.63, 3.8) is 0 Å². The van der Waals surface area contributed by atoms with E-state index in [0.717, 1.165) is 0 Å². The Bertz CT molecular complexity index is 462. The van der Waals surface area contributed by atoms with E-state index in [1.165, 1.54) is 0 Å². The van der Waals surface area contributed by atoms with Gasteiger partial charge in [0.05, 0.1) is 11.1 Å². The van der Waals surface area contributed by atoms with Crippen LogP contribution in [0.3, 0.4) is 0 Å². The molecule has 0 radical (unpaired) electrons. The fourth-order valence-electron chi connectivity index (χ4n) is 1.62. The summed E-state index contributed by atoms with van der Waals surface area (Å²) >= 11 is 0.